The molecule has 3 heteroatoms. The third-order valence-electron chi connectivity index (χ3n) is 3.73. The van der Waals surface area contributed by atoms with Crippen LogP contribution in [0.3, 0.4) is 0 Å². The lowest BCUT2D eigenvalue weighted by Crippen LogP contribution is -2.02. The van der Waals surface area contributed by atoms with Gasteiger partial charge in [0, 0.05) is 0 Å². The van der Waals surface area contributed by atoms with E-state index >= 15 is 0 Å². The molecule has 2 aromatic carbocycles. The van der Waals surface area contributed by atoms with Crippen LogP contribution >= 0.6 is 11.6 Å². The molecule has 0 amide bonds. The summed E-state index contributed by atoms with van der Waals surface area (Å²) in [4.78, 5) is 0. The Morgan fingerprint density at radius 3 is 2.55 bits per heavy atom. The van der Waals surface area contributed by atoms with E-state index in [0.717, 1.165) is 17.7 Å². The minimum Gasteiger partial charge on any atom is -0.456 e. The lowest BCUT2D eigenvalue weighted by atomic mass is 9.92. The topological polar surface area (TPSA) is 29.5 Å². The normalized spacial score (nSPS) is 13.9. The molecule has 104 valence electrons. The van der Waals surface area contributed by atoms with Gasteiger partial charge in [-0.2, -0.15) is 0 Å². The fourth-order valence-corrected chi connectivity index (χ4v) is 2.87. The summed E-state index contributed by atoms with van der Waals surface area (Å²) in [5.41, 5.74) is 3.61. The Morgan fingerprint density at radius 2 is 1.80 bits per heavy atom. The molecule has 0 saturated heterocycles. The highest BCUT2D eigenvalue weighted by Crippen LogP contribution is 2.32. The lowest BCUT2D eigenvalue weighted by Gasteiger charge is -2.17. The highest BCUT2D eigenvalue weighted by atomic mass is 35.5. The fraction of sp³-hybridized carbons (Fsp3) is 0.294. The first-order valence-corrected chi connectivity index (χ1v) is 7.33. The third-order valence-corrected chi connectivity index (χ3v) is 4.02. The van der Waals surface area contributed by atoms with Gasteiger partial charge in [0.15, 0.2) is 0 Å². The molecule has 2 aromatic rings. The maximum atomic E-state index is 9.08. The molecule has 0 fully saturated rings. The van der Waals surface area contributed by atoms with Crippen molar-refractivity contribution >= 4 is 11.6 Å². The van der Waals surface area contributed by atoms with E-state index in [1.54, 1.807) is 12.1 Å². The summed E-state index contributed by atoms with van der Waals surface area (Å²) in [6, 6.07) is 11.6. The second-order valence-corrected chi connectivity index (χ2v) is 5.57. The summed E-state index contributed by atoms with van der Waals surface area (Å²) in [6.07, 6.45) is 4.83. The second kappa shape index (κ2) is 5.86. The van der Waals surface area contributed by atoms with Crippen LogP contribution in [0.15, 0.2) is 36.4 Å². The molecule has 0 aromatic heterocycles. The number of halogens is 1. The molecule has 3 rings (SSSR count). The van der Waals surface area contributed by atoms with Crippen molar-refractivity contribution in [1.29, 1.82) is 0 Å². The van der Waals surface area contributed by atoms with Crippen molar-refractivity contribution in [2.24, 2.45) is 0 Å². The van der Waals surface area contributed by atoms with Crippen LogP contribution < -0.4 is 4.74 Å². The molecule has 0 aliphatic heterocycles. The molecule has 20 heavy (non-hydrogen) atoms. The van der Waals surface area contributed by atoms with E-state index in [0.29, 0.717) is 10.8 Å². The Hall–Kier alpha value is -1.51. The third kappa shape index (κ3) is 2.82. The van der Waals surface area contributed by atoms with Crippen LogP contribution in [0.4, 0.5) is 0 Å². The predicted molar refractivity (Wildman–Crippen MR) is 80.5 cm³/mol. The first kappa shape index (κ1) is 13.5. The summed E-state index contributed by atoms with van der Waals surface area (Å²) in [7, 11) is 0. The van der Waals surface area contributed by atoms with Crippen molar-refractivity contribution < 1.29 is 9.84 Å². The zero-order valence-corrected chi connectivity index (χ0v) is 12.0. The van der Waals surface area contributed by atoms with Gasteiger partial charge in [-0.05, 0) is 66.6 Å². The molecule has 0 atom stereocenters. The SMILES string of the molecule is OCc1ccc(Oc2ccc3c(c2)CCCC3)c(Cl)c1. The number of hydrogen-bond acceptors (Lipinski definition) is 2. The molecular formula is C17H17ClO2. The van der Waals surface area contributed by atoms with Crippen LogP contribution in [-0.2, 0) is 19.4 Å². The Balaban J connectivity index is 1.84. The Bertz CT molecular complexity index is 622. The molecule has 1 aliphatic rings. The van der Waals surface area contributed by atoms with Crippen LogP contribution in [0.2, 0.25) is 5.02 Å². The van der Waals surface area contributed by atoms with Gasteiger partial charge < -0.3 is 9.84 Å². The van der Waals surface area contributed by atoms with E-state index in [-0.39, 0.29) is 6.61 Å². The second-order valence-electron chi connectivity index (χ2n) is 5.16. The van der Waals surface area contributed by atoms with Gasteiger partial charge in [-0.25, -0.2) is 0 Å². The quantitative estimate of drug-likeness (QED) is 0.901. The van der Waals surface area contributed by atoms with Gasteiger partial charge in [0.05, 0.1) is 11.6 Å². The van der Waals surface area contributed by atoms with E-state index < -0.39 is 0 Å². The van der Waals surface area contributed by atoms with Crippen LogP contribution in [0, 0.1) is 0 Å². The van der Waals surface area contributed by atoms with Gasteiger partial charge in [0.25, 0.3) is 0 Å². The lowest BCUT2D eigenvalue weighted by molar-refractivity contribution is 0.281. The minimum absolute atomic E-state index is 0.0150. The summed E-state index contributed by atoms with van der Waals surface area (Å²) in [5.74, 6) is 1.45. The molecule has 0 radical (unpaired) electrons. The number of hydrogen-bond donors (Lipinski definition) is 1. The molecule has 2 nitrogen and oxygen atoms in total. The molecule has 0 saturated carbocycles. The molecule has 0 heterocycles. The molecule has 0 unspecified atom stereocenters. The van der Waals surface area contributed by atoms with E-state index in [2.05, 4.69) is 12.1 Å². The predicted octanol–water partition coefficient (Wildman–Crippen LogP) is 4.50. The zero-order valence-electron chi connectivity index (χ0n) is 11.2. The number of aliphatic hydroxyl groups is 1. The van der Waals surface area contributed by atoms with Crippen molar-refractivity contribution in [3.05, 3.63) is 58.1 Å². The highest BCUT2D eigenvalue weighted by molar-refractivity contribution is 6.32. The van der Waals surface area contributed by atoms with Crippen LogP contribution in [0.1, 0.15) is 29.5 Å². The van der Waals surface area contributed by atoms with E-state index in [4.69, 9.17) is 21.4 Å². The molecule has 1 N–H and O–H groups in total. The van der Waals surface area contributed by atoms with Crippen molar-refractivity contribution in [2.45, 2.75) is 32.3 Å². The summed E-state index contributed by atoms with van der Waals surface area (Å²) in [5, 5.41) is 9.60. The van der Waals surface area contributed by atoms with Gasteiger partial charge >= 0.3 is 0 Å². The van der Waals surface area contributed by atoms with Crippen LogP contribution in [0.5, 0.6) is 11.5 Å². The van der Waals surface area contributed by atoms with Crippen molar-refractivity contribution in [3.8, 4) is 11.5 Å². The highest BCUT2D eigenvalue weighted by Gasteiger charge is 2.11. The number of rotatable bonds is 3. The van der Waals surface area contributed by atoms with Crippen molar-refractivity contribution in [2.75, 3.05) is 0 Å². The maximum Gasteiger partial charge on any atom is 0.146 e. The van der Waals surface area contributed by atoms with Crippen LogP contribution in [0.25, 0.3) is 0 Å². The average Bonchev–Trinajstić information content (AvgIpc) is 2.49. The van der Waals surface area contributed by atoms with E-state index in [1.165, 1.54) is 30.4 Å². The Labute approximate surface area is 124 Å². The Kier molecular flexibility index (Phi) is 3.95. The largest absolute Gasteiger partial charge is 0.456 e. The fourth-order valence-electron chi connectivity index (χ4n) is 2.63. The Morgan fingerprint density at radius 1 is 1.00 bits per heavy atom. The number of aliphatic hydroxyl groups excluding tert-OH is 1. The number of fused-ring (bicyclic) bond motifs is 1. The molecule has 1 aliphatic carbocycles. The van der Waals surface area contributed by atoms with Gasteiger partial charge in [-0.3, -0.25) is 0 Å². The standard InChI is InChI=1S/C17H17ClO2/c18-16-9-12(11-19)5-8-17(16)20-15-7-6-13-3-1-2-4-14(13)10-15/h5-10,19H,1-4,11H2. The first-order valence-electron chi connectivity index (χ1n) is 6.95. The average molecular weight is 289 g/mol. The summed E-state index contributed by atoms with van der Waals surface area (Å²) in [6.45, 7) is -0.0150. The summed E-state index contributed by atoms with van der Waals surface area (Å²) < 4.78 is 5.86. The minimum atomic E-state index is -0.0150. The first-order chi connectivity index (χ1) is 9.76. The number of aryl methyl sites for hydroxylation is 2. The number of ether oxygens (including phenoxy) is 1. The van der Waals surface area contributed by atoms with Crippen molar-refractivity contribution in [3.63, 3.8) is 0 Å². The van der Waals surface area contributed by atoms with Gasteiger partial charge in [-0.1, -0.05) is 23.7 Å². The van der Waals surface area contributed by atoms with E-state index in [1.807, 2.05) is 12.1 Å². The maximum absolute atomic E-state index is 9.08. The van der Waals surface area contributed by atoms with Gasteiger partial charge in [0.2, 0.25) is 0 Å². The smallest absolute Gasteiger partial charge is 0.146 e. The van der Waals surface area contributed by atoms with Crippen LogP contribution in [-0.4, -0.2) is 5.11 Å². The van der Waals surface area contributed by atoms with Gasteiger partial charge in [0.1, 0.15) is 11.5 Å². The monoisotopic (exact) mass is 288 g/mol. The van der Waals surface area contributed by atoms with Gasteiger partial charge in [-0.15, -0.1) is 0 Å². The molecule has 0 bridgehead atoms. The summed E-state index contributed by atoms with van der Waals surface area (Å²) >= 11 is 6.17. The molecular weight excluding hydrogens is 272 g/mol. The number of benzene rings is 2. The zero-order chi connectivity index (χ0) is 13.9. The van der Waals surface area contributed by atoms with E-state index in [9.17, 15) is 0 Å². The van der Waals surface area contributed by atoms with Crippen molar-refractivity contribution in [1.82, 2.24) is 0 Å². The molecule has 0 spiro atoms.